The molecule has 0 aliphatic heterocycles. The third-order valence-electron chi connectivity index (χ3n) is 4.45. The van der Waals surface area contributed by atoms with Crippen molar-refractivity contribution in [3.63, 3.8) is 0 Å². The lowest BCUT2D eigenvalue weighted by Crippen LogP contribution is -2.39. The lowest BCUT2D eigenvalue weighted by atomic mass is 9.77. The van der Waals surface area contributed by atoms with Gasteiger partial charge in [0.05, 0.1) is 0 Å². The molecule has 1 N–H and O–H groups in total. The lowest BCUT2D eigenvalue weighted by molar-refractivity contribution is 0.209. The Morgan fingerprint density at radius 2 is 1.75 bits per heavy atom. The summed E-state index contributed by atoms with van der Waals surface area (Å²) in [7, 11) is 0. The number of hydrogen-bond donors (Lipinski definition) is 1. The summed E-state index contributed by atoms with van der Waals surface area (Å²) >= 11 is 0. The van der Waals surface area contributed by atoms with Gasteiger partial charge in [-0.25, -0.2) is 0 Å². The minimum Gasteiger partial charge on any atom is -0.314 e. The van der Waals surface area contributed by atoms with Crippen LogP contribution in [0.25, 0.3) is 0 Å². The van der Waals surface area contributed by atoms with Crippen molar-refractivity contribution in [3.8, 4) is 0 Å². The van der Waals surface area contributed by atoms with E-state index in [2.05, 4.69) is 33.0 Å². The molecule has 1 nitrogen and oxygen atoms in total. The summed E-state index contributed by atoms with van der Waals surface area (Å²) in [6.07, 6.45) is 8.51. The van der Waals surface area contributed by atoms with Gasteiger partial charge in [0.1, 0.15) is 0 Å². The van der Waals surface area contributed by atoms with Crippen molar-refractivity contribution in [2.24, 2.45) is 17.8 Å². The Bertz CT molecular complexity index is 170. The van der Waals surface area contributed by atoms with Crippen LogP contribution < -0.4 is 5.32 Å². The van der Waals surface area contributed by atoms with Crippen LogP contribution in [-0.2, 0) is 0 Å². The molecule has 0 saturated heterocycles. The first-order chi connectivity index (χ1) is 7.67. The number of hydrogen-bond acceptors (Lipinski definition) is 1. The SMILES string of the molecule is CCNC(CC(C)CC)C1CCC(C)CC1. The van der Waals surface area contributed by atoms with Gasteiger partial charge in [-0.2, -0.15) is 0 Å². The van der Waals surface area contributed by atoms with Gasteiger partial charge < -0.3 is 5.32 Å². The maximum absolute atomic E-state index is 3.73. The van der Waals surface area contributed by atoms with Crippen molar-refractivity contribution in [1.82, 2.24) is 5.32 Å². The van der Waals surface area contributed by atoms with Crippen molar-refractivity contribution >= 4 is 0 Å². The summed E-state index contributed by atoms with van der Waals surface area (Å²) in [5.74, 6) is 2.80. The summed E-state index contributed by atoms with van der Waals surface area (Å²) in [4.78, 5) is 0. The van der Waals surface area contributed by atoms with Crippen LogP contribution in [0.2, 0.25) is 0 Å². The molecule has 2 atom stereocenters. The van der Waals surface area contributed by atoms with Gasteiger partial charge in [0.25, 0.3) is 0 Å². The topological polar surface area (TPSA) is 12.0 Å². The molecule has 1 rings (SSSR count). The highest BCUT2D eigenvalue weighted by Crippen LogP contribution is 2.32. The molecule has 16 heavy (non-hydrogen) atoms. The monoisotopic (exact) mass is 225 g/mol. The van der Waals surface area contributed by atoms with E-state index in [-0.39, 0.29) is 0 Å². The van der Waals surface area contributed by atoms with Crippen LogP contribution in [-0.4, -0.2) is 12.6 Å². The zero-order valence-corrected chi connectivity index (χ0v) is 11.8. The molecule has 0 heterocycles. The second kappa shape index (κ2) is 7.32. The molecule has 0 aromatic carbocycles. The molecule has 1 saturated carbocycles. The molecular weight excluding hydrogens is 194 g/mol. The van der Waals surface area contributed by atoms with Crippen molar-refractivity contribution < 1.29 is 0 Å². The highest BCUT2D eigenvalue weighted by Gasteiger charge is 2.26. The predicted molar refractivity (Wildman–Crippen MR) is 72.7 cm³/mol. The summed E-state index contributed by atoms with van der Waals surface area (Å²) in [6, 6.07) is 0.785. The van der Waals surface area contributed by atoms with Crippen molar-refractivity contribution in [2.45, 2.75) is 72.3 Å². The van der Waals surface area contributed by atoms with Crippen LogP contribution in [0.1, 0.15) is 66.2 Å². The summed E-state index contributed by atoms with van der Waals surface area (Å²) in [5, 5.41) is 3.73. The number of rotatable bonds is 6. The first kappa shape index (κ1) is 14.0. The fraction of sp³-hybridized carbons (Fsp3) is 1.00. The van der Waals surface area contributed by atoms with Crippen LogP contribution in [0, 0.1) is 17.8 Å². The van der Waals surface area contributed by atoms with Crippen molar-refractivity contribution in [1.29, 1.82) is 0 Å². The maximum Gasteiger partial charge on any atom is 0.00977 e. The van der Waals surface area contributed by atoms with E-state index in [9.17, 15) is 0 Å². The molecule has 0 aromatic rings. The molecule has 1 heteroatoms. The average Bonchev–Trinajstić information content (AvgIpc) is 2.29. The lowest BCUT2D eigenvalue weighted by Gasteiger charge is -2.34. The van der Waals surface area contributed by atoms with Gasteiger partial charge in [0, 0.05) is 6.04 Å². The first-order valence-corrected chi connectivity index (χ1v) is 7.40. The van der Waals surface area contributed by atoms with E-state index in [1.54, 1.807) is 0 Å². The third-order valence-corrected chi connectivity index (χ3v) is 4.45. The fourth-order valence-electron chi connectivity index (χ4n) is 2.99. The van der Waals surface area contributed by atoms with E-state index in [0.717, 1.165) is 30.3 Å². The van der Waals surface area contributed by atoms with Crippen LogP contribution in [0.4, 0.5) is 0 Å². The summed E-state index contributed by atoms with van der Waals surface area (Å²) in [5.41, 5.74) is 0. The maximum atomic E-state index is 3.73. The molecule has 96 valence electrons. The average molecular weight is 225 g/mol. The standard InChI is InChI=1S/C15H31N/c1-5-12(3)11-15(16-6-2)14-9-7-13(4)8-10-14/h12-16H,5-11H2,1-4H3. The van der Waals surface area contributed by atoms with Gasteiger partial charge in [0.2, 0.25) is 0 Å². The Morgan fingerprint density at radius 1 is 1.12 bits per heavy atom. The van der Waals surface area contributed by atoms with E-state index < -0.39 is 0 Å². The third kappa shape index (κ3) is 4.45. The summed E-state index contributed by atoms with van der Waals surface area (Å²) < 4.78 is 0. The second-order valence-corrected chi connectivity index (χ2v) is 5.93. The largest absolute Gasteiger partial charge is 0.314 e. The van der Waals surface area contributed by atoms with Gasteiger partial charge in [-0.15, -0.1) is 0 Å². The molecule has 0 spiro atoms. The molecule has 0 radical (unpaired) electrons. The molecule has 2 unspecified atom stereocenters. The normalized spacial score (nSPS) is 30.0. The van der Waals surface area contributed by atoms with Crippen molar-refractivity contribution in [3.05, 3.63) is 0 Å². The Balaban J connectivity index is 2.42. The highest BCUT2D eigenvalue weighted by molar-refractivity contribution is 4.81. The van der Waals surface area contributed by atoms with E-state index in [4.69, 9.17) is 0 Å². The molecule has 0 amide bonds. The zero-order valence-electron chi connectivity index (χ0n) is 11.8. The molecule has 0 bridgehead atoms. The predicted octanol–water partition coefficient (Wildman–Crippen LogP) is 4.23. The Morgan fingerprint density at radius 3 is 2.25 bits per heavy atom. The molecule has 1 aliphatic rings. The number of nitrogens with one attached hydrogen (secondary N) is 1. The van der Waals surface area contributed by atoms with Gasteiger partial charge >= 0.3 is 0 Å². The minimum absolute atomic E-state index is 0.785. The Hall–Kier alpha value is -0.0400. The quantitative estimate of drug-likeness (QED) is 0.713. The summed E-state index contributed by atoms with van der Waals surface area (Å²) in [6.45, 7) is 10.5. The molecule has 0 aromatic heterocycles. The van der Waals surface area contributed by atoms with Gasteiger partial charge in [-0.3, -0.25) is 0 Å². The smallest absolute Gasteiger partial charge is 0.00977 e. The molecular formula is C15H31N. The van der Waals surface area contributed by atoms with E-state index >= 15 is 0 Å². The molecule has 1 fully saturated rings. The second-order valence-electron chi connectivity index (χ2n) is 5.93. The van der Waals surface area contributed by atoms with E-state index in [0.29, 0.717) is 0 Å². The van der Waals surface area contributed by atoms with E-state index in [1.165, 1.54) is 38.5 Å². The van der Waals surface area contributed by atoms with Crippen LogP contribution in [0.3, 0.4) is 0 Å². The van der Waals surface area contributed by atoms with Crippen LogP contribution in [0.15, 0.2) is 0 Å². The highest BCUT2D eigenvalue weighted by atomic mass is 14.9. The molecule has 1 aliphatic carbocycles. The van der Waals surface area contributed by atoms with Crippen molar-refractivity contribution in [2.75, 3.05) is 6.54 Å². The first-order valence-electron chi connectivity index (χ1n) is 7.40. The van der Waals surface area contributed by atoms with Gasteiger partial charge in [-0.05, 0) is 43.6 Å². The minimum atomic E-state index is 0.785. The van der Waals surface area contributed by atoms with Gasteiger partial charge in [0.15, 0.2) is 0 Å². The van der Waals surface area contributed by atoms with Crippen LogP contribution in [0.5, 0.6) is 0 Å². The fourth-order valence-corrected chi connectivity index (χ4v) is 2.99. The van der Waals surface area contributed by atoms with E-state index in [1.807, 2.05) is 0 Å². The Labute approximate surface area is 102 Å². The zero-order chi connectivity index (χ0) is 12.0. The van der Waals surface area contributed by atoms with Crippen LogP contribution >= 0.6 is 0 Å². The Kier molecular flexibility index (Phi) is 6.41. The van der Waals surface area contributed by atoms with Gasteiger partial charge in [-0.1, -0.05) is 47.0 Å².